The van der Waals surface area contributed by atoms with E-state index in [0.717, 1.165) is 11.1 Å². The molecule has 1 heterocycles. The third-order valence-electron chi connectivity index (χ3n) is 4.56. The van der Waals surface area contributed by atoms with Gasteiger partial charge in [0, 0.05) is 45.8 Å². The van der Waals surface area contributed by atoms with Gasteiger partial charge in [-0.15, -0.1) is 0 Å². The number of hydrogen-bond acceptors (Lipinski definition) is 3. The number of hydrogen-bond donors (Lipinski definition) is 0. The molecule has 1 aliphatic rings. The molecule has 1 amide bonds. The molecule has 1 aliphatic heterocycles. The molecule has 138 valence electrons. The summed E-state index contributed by atoms with van der Waals surface area (Å²) in [6.07, 6.45) is 0. The van der Waals surface area contributed by atoms with E-state index in [2.05, 4.69) is 0 Å². The smallest absolute Gasteiger partial charge is 0.281 e. The molecule has 1 saturated heterocycles. The Bertz CT molecular complexity index is 874. The van der Waals surface area contributed by atoms with E-state index in [4.69, 9.17) is 0 Å². The van der Waals surface area contributed by atoms with E-state index in [0.29, 0.717) is 31.7 Å². The highest BCUT2D eigenvalue weighted by molar-refractivity contribution is 7.86. The number of amides is 1. The lowest BCUT2D eigenvalue weighted by Gasteiger charge is -2.35. The summed E-state index contributed by atoms with van der Waals surface area (Å²) >= 11 is 0. The molecule has 26 heavy (non-hydrogen) atoms. The van der Waals surface area contributed by atoms with Crippen LogP contribution in [0, 0.1) is 0 Å². The lowest BCUT2D eigenvalue weighted by Crippen LogP contribution is -2.53. The Labute approximate surface area is 154 Å². The Kier molecular flexibility index (Phi) is 5.41. The highest BCUT2D eigenvalue weighted by atomic mass is 32.2. The molecule has 7 heteroatoms. The standard InChI is InChI=1S/C19H23N3O3S/c1-20(2)26(24,25)22-14-12-21(13-15-22)19(23)18-11-7-6-10-17(18)16-8-4-3-5-9-16/h3-11H,12-15H2,1-2H3. The van der Waals surface area contributed by atoms with E-state index >= 15 is 0 Å². The summed E-state index contributed by atoms with van der Waals surface area (Å²) in [4.78, 5) is 14.8. The van der Waals surface area contributed by atoms with E-state index in [1.165, 1.54) is 22.7 Å². The van der Waals surface area contributed by atoms with Crippen LogP contribution in [-0.2, 0) is 10.2 Å². The van der Waals surface area contributed by atoms with Crippen LogP contribution in [0.5, 0.6) is 0 Å². The zero-order valence-corrected chi connectivity index (χ0v) is 15.8. The predicted molar refractivity (Wildman–Crippen MR) is 102 cm³/mol. The first-order valence-electron chi connectivity index (χ1n) is 8.52. The molecule has 2 aromatic carbocycles. The summed E-state index contributed by atoms with van der Waals surface area (Å²) in [6.45, 7) is 1.38. The fourth-order valence-corrected chi connectivity index (χ4v) is 4.15. The van der Waals surface area contributed by atoms with Gasteiger partial charge in [0.1, 0.15) is 0 Å². The summed E-state index contributed by atoms with van der Waals surface area (Å²) in [5.74, 6) is -0.0636. The van der Waals surface area contributed by atoms with Crippen molar-refractivity contribution in [2.24, 2.45) is 0 Å². The largest absolute Gasteiger partial charge is 0.336 e. The van der Waals surface area contributed by atoms with Gasteiger partial charge in [0.05, 0.1) is 0 Å². The molecule has 1 fully saturated rings. The first-order chi connectivity index (χ1) is 12.4. The molecule has 2 aromatic rings. The molecule has 3 rings (SSSR count). The van der Waals surface area contributed by atoms with E-state index in [1.54, 1.807) is 4.90 Å². The number of benzene rings is 2. The second-order valence-electron chi connectivity index (χ2n) is 6.39. The van der Waals surface area contributed by atoms with Gasteiger partial charge in [0.2, 0.25) is 0 Å². The summed E-state index contributed by atoms with van der Waals surface area (Å²) in [7, 11) is -0.402. The van der Waals surface area contributed by atoms with E-state index in [-0.39, 0.29) is 5.91 Å². The van der Waals surface area contributed by atoms with Crippen LogP contribution in [0.3, 0.4) is 0 Å². The minimum Gasteiger partial charge on any atom is -0.336 e. The second-order valence-corrected chi connectivity index (χ2v) is 8.54. The van der Waals surface area contributed by atoms with Gasteiger partial charge in [-0.25, -0.2) is 0 Å². The van der Waals surface area contributed by atoms with Gasteiger partial charge in [0.15, 0.2) is 0 Å². The maximum Gasteiger partial charge on any atom is 0.281 e. The molecule has 0 saturated carbocycles. The molecule has 0 atom stereocenters. The van der Waals surface area contributed by atoms with Crippen molar-refractivity contribution in [1.82, 2.24) is 13.5 Å². The van der Waals surface area contributed by atoms with Crippen LogP contribution in [0.25, 0.3) is 11.1 Å². The molecule has 0 aliphatic carbocycles. The molecule has 0 spiro atoms. The number of rotatable bonds is 4. The minimum atomic E-state index is -3.44. The molecular weight excluding hydrogens is 350 g/mol. The molecule has 0 radical (unpaired) electrons. The Morgan fingerprint density at radius 3 is 2.08 bits per heavy atom. The quantitative estimate of drug-likeness (QED) is 0.823. The second kappa shape index (κ2) is 7.57. The van der Waals surface area contributed by atoms with Gasteiger partial charge in [-0.2, -0.15) is 17.0 Å². The monoisotopic (exact) mass is 373 g/mol. The van der Waals surface area contributed by atoms with Crippen molar-refractivity contribution in [3.8, 4) is 11.1 Å². The Morgan fingerprint density at radius 1 is 0.885 bits per heavy atom. The minimum absolute atomic E-state index is 0.0636. The average Bonchev–Trinajstić information content (AvgIpc) is 2.68. The molecular formula is C19H23N3O3S. The van der Waals surface area contributed by atoms with Gasteiger partial charge in [-0.3, -0.25) is 4.79 Å². The maximum absolute atomic E-state index is 13.0. The number of nitrogens with zero attached hydrogens (tertiary/aromatic N) is 3. The summed E-state index contributed by atoms with van der Waals surface area (Å²) in [5.41, 5.74) is 2.52. The Balaban J connectivity index is 1.78. The summed E-state index contributed by atoms with van der Waals surface area (Å²) < 4.78 is 27.1. The first kappa shape index (κ1) is 18.6. The molecule has 0 unspecified atom stereocenters. The van der Waals surface area contributed by atoms with Crippen LogP contribution in [0.4, 0.5) is 0 Å². The fraction of sp³-hybridized carbons (Fsp3) is 0.316. The summed E-state index contributed by atoms with van der Waals surface area (Å²) in [5, 5.41) is 0. The summed E-state index contributed by atoms with van der Waals surface area (Å²) in [6, 6.07) is 17.3. The number of piperazine rings is 1. The van der Waals surface area contributed by atoms with Gasteiger partial charge in [-0.05, 0) is 17.2 Å². The Hall–Kier alpha value is -2.22. The molecule has 0 bridgehead atoms. The van der Waals surface area contributed by atoms with Gasteiger partial charge >= 0.3 is 0 Å². The van der Waals surface area contributed by atoms with Crippen molar-refractivity contribution in [2.45, 2.75) is 0 Å². The van der Waals surface area contributed by atoms with Crippen LogP contribution < -0.4 is 0 Å². The van der Waals surface area contributed by atoms with E-state index in [9.17, 15) is 13.2 Å². The third-order valence-corrected chi connectivity index (χ3v) is 6.50. The van der Waals surface area contributed by atoms with Crippen molar-refractivity contribution in [3.05, 3.63) is 60.2 Å². The van der Waals surface area contributed by atoms with Gasteiger partial charge in [-0.1, -0.05) is 48.5 Å². The van der Waals surface area contributed by atoms with Crippen LogP contribution >= 0.6 is 0 Å². The lowest BCUT2D eigenvalue weighted by atomic mass is 9.99. The number of carbonyl (C=O) groups excluding carboxylic acids is 1. The van der Waals surface area contributed by atoms with Crippen LogP contribution in [0.1, 0.15) is 10.4 Å². The molecule has 0 N–H and O–H groups in total. The predicted octanol–water partition coefficient (Wildman–Crippen LogP) is 1.92. The fourth-order valence-electron chi connectivity index (χ4n) is 3.06. The van der Waals surface area contributed by atoms with E-state index < -0.39 is 10.2 Å². The highest BCUT2D eigenvalue weighted by Gasteiger charge is 2.31. The SMILES string of the molecule is CN(C)S(=O)(=O)N1CCN(C(=O)c2ccccc2-c2ccccc2)CC1. The van der Waals surface area contributed by atoms with Crippen molar-refractivity contribution < 1.29 is 13.2 Å². The van der Waals surface area contributed by atoms with Crippen LogP contribution in [-0.4, -0.2) is 68.1 Å². The average molecular weight is 373 g/mol. The van der Waals surface area contributed by atoms with Crippen LogP contribution in [0.2, 0.25) is 0 Å². The molecule has 6 nitrogen and oxygen atoms in total. The van der Waals surface area contributed by atoms with Crippen molar-refractivity contribution in [1.29, 1.82) is 0 Å². The lowest BCUT2D eigenvalue weighted by molar-refractivity contribution is 0.0696. The topological polar surface area (TPSA) is 60.9 Å². The van der Waals surface area contributed by atoms with Gasteiger partial charge < -0.3 is 4.90 Å². The van der Waals surface area contributed by atoms with Gasteiger partial charge in [0.25, 0.3) is 16.1 Å². The van der Waals surface area contributed by atoms with Crippen LogP contribution in [0.15, 0.2) is 54.6 Å². The highest BCUT2D eigenvalue weighted by Crippen LogP contribution is 2.25. The normalized spacial score (nSPS) is 16.0. The Morgan fingerprint density at radius 2 is 1.46 bits per heavy atom. The molecule has 0 aromatic heterocycles. The van der Waals surface area contributed by atoms with E-state index in [1.807, 2.05) is 54.6 Å². The first-order valence-corrected chi connectivity index (χ1v) is 9.92. The third kappa shape index (κ3) is 3.65. The van der Waals surface area contributed by atoms with Crippen molar-refractivity contribution in [3.63, 3.8) is 0 Å². The zero-order valence-electron chi connectivity index (χ0n) is 15.0. The zero-order chi connectivity index (χ0) is 18.7. The number of carbonyl (C=O) groups is 1. The van der Waals surface area contributed by atoms with Crippen molar-refractivity contribution in [2.75, 3.05) is 40.3 Å². The van der Waals surface area contributed by atoms with Crippen molar-refractivity contribution >= 4 is 16.1 Å². The maximum atomic E-state index is 13.0.